The van der Waals surface area contributed by atoms with Crippen molar-refractivity contribution in [2.75, 3.05) is 35.8 Å². The fourth-order valence-electron chi connectivity index (χ4n) is 4.46. The van der Waals surface area contributed by atoms with E-state index in [2.05, 4.69) is 26.1 Å². The Morgan fingerprint density at radius 2 is 1.47 bits per heavy atom. The first-order valence-electron chi connectivity index (χ1n) is 16.7. The molecule has 0 aliphatic carbocycles. The number of hydrogen-bond acceptors (Lipinski definition) is 9. The first kappa shape index (κ1) is 41.6. The van der Waals surface area contributed by atoms with Crippen molar-refractivity contribution in [1.82, 2.24) is 0 Å². The summed E-state index contributed by atoms with van der Waals surface area (Å²) in [6.45, 7) is 10.3. The minimum Gasteiger partial charge on any atom is -0.744 e. The van der Waals surface area contributed by atoms with Crippen LogP contribution in [0.3, 0.4) is 0 Å². The number of anilines is 1. The van der Waals surface area contributed by atoms with Crippen molar-refractivity contribution in [3.05, 3.63) is 84.4 Å². The molecule has 49 heavy (non-hydrogen) atoms. The monoisotopic (exact) mass is 717 g/mol. The fraction of sp³-hybridized carbons (Fsp3) is 0.459. The molecule has 0 heterocycles. The smallest absolute Gasteiger partial charge is 0.305 e. The number of hydrogen-bond donors (Lipinski definition) is 1. The lowest BCUT2D eigenvalue weighted by molar-refractivity contribution is -0.179. The number of rotatable bonds is 20. The Morgan fingerprint density at radius 1 is 0.837 bits per heavy atom. The number of unbranched alkanes of at least 4 members (excludes halogenated alkanes) is 1. The Kier molecular flexibility index (Phi) is 19.5. The third kappa shape index (κ3) is 17.1. The number of benzene rings is 3. The average Bonchev–Trinajstić information content (AvgIpc) is 3.06. The zero-order chi connectivity index (χ0) is 36.1. The summed E-state index contributed by atoms with van der Waals surface area (Å²) < 4.78 is 54.9. The van der Waals surface area contributed by atoms with E-state index in [-0.39, 0.29) is 28.3 Å². The summed E-state index contributed by atoms with van der Waals surface area (Å²) in [6.07, 6.45) is 2.80. The van der Waals surface area contributed by atoms with E-state index in [1.807, 2.05) is 43.3 Å². The Bertz CT molecular complexity index is 1480. The summed E-state index contributed by atoms with van der Waals surface area (Å²) in [7, 11) is -4.00. The van der Waals surface area contributed by atoms with Gasteiger partial charge in [0.15, 0.2) is 6.10 Å². The second-order valence-electron chi connectivity index (χ2n) is 11.3. The molecule has 0 aliphatic rings. The van der Waals surface area contributed by atoms with Gasteiger partial charge in [0.1, 0.15) is 38.9 Å². The molecule has 3 aromatic carbocycles. The standard InChI is InChI=1S/C30H43NO6S.C7H8O3S/c1-5-8-19-34-23-28(36-25-14-10-9-11-15-25)30(35-24(4)32)37-27-17-13-12-16-26(27)31-29(33)18-22-38(20-6-2)21-7-3;1-6-2-4-7(5-3-6)11(8,9)10/h9-17,28,30H,5-8,18-23H2,1-4H3;2-5H,1H3,(H,8,9,10). The Balaban J connectivity index is 0.000000639. The van der Waals surface area contributed by atoms with E-state index in [0.29, 0.717) is 30.2 Å². The molecule has 2 atom stereocenters. The van der Waals surface area contributed by atoms with Crippen molar-refractivity contribution in [1.29, 1.82) is 0 Å². The van der Waals surface area contributed by atoms with Gasteiger partial charge in [-0.3, -0.25) is 9.59 Å². The van der Waals surface area contributed by atoms with Crippen LogP contribution in [0, 0.1) is 6.92 Å². The maximum absolute atomic E-state index is 12.8. The van der Waals surface area contributed by atoms with E-state index in [0.717, 1.165) is 48.5 Å². The number of esters is 1. The van der Waals surface area contributed by atoms with Crippen LogP contribution in [0.2, 0.25) is 0 Å². The predicted octanol–water partition coefficient (Wildman–Crippen LogP) is 6.88. The van der Waals surface area contributed by atoms with Crippen molar-refractivity contribution in [3.63, 3.8) is 0 Å². The van der Waals surface area contributed by atoms with Crippen LogP contribution >= 0.6 is 0 Å². The number of ether oxygens (including phenoxy) is 4. The second kappa shape index (κ2) is 22.9. The molecule has 2 unspecified atom stereocenters. The Labute approximate surface area is 295 Å². The van der Waals surface area contributed by atoms with E-state index in [1.165, 1.54) is 19.1 Å². The van der Waals surface area contributed by atoms with Gasteiger partial charge < -0.3 is 28.8 Å². The fourth-order valence-corrected chi connectivity index (χ4v) is 7.17. The molecule has 0 spiro atoms. The molecule has 3 aromatic rings. The Morgan fingerprint density at radius 3 is 2.06 bits per heavy atom. The van der Waals surface area contributed by atoms with Gasteiger partial charge >= 0.3 is 5.97 Å². The third-order valence-corrected chi connectivity index (χ3v) is 10.5. The van der Waals surface area contributed by atoms with Crippen LogP contribution in [-0.2, 0) is 40.1 Å². The largest absolute Gasteiger partial charge is 0.744 e. The SMILES string of the molecule is CCCCOCC(Oc1ccccc1)C(OC(C)=O)Oc1ccccc1NC(=O)CC[S+](CCC)CCC.Cc1ccc(S(=O)(=O)[O-])cc1. The molecule has 0 radical (unpaired) electrons. The highest BCUT2D eigenvalue weighted by Gasteiger charge is 2.30. The predicted molar refractivity (Wildman–Crippen MR) is 194 cm³/mol. The summed E-state index contributed by atoms with van der Waals surface area (Å²) in [4.78, 5) is 24.7. The van der Waals surface area contributed by atoms with Crippen LogP contribution in [0.4, 0.5) is 5.69 Å². The number of nitrogens with one attached hydrogen (secondary N) is 1. The second-order valence-corrected chi connectivity index (χ2v) is 15.1. The first-order chi connectivity index (χ1) is 23.5. The van der Waals surface area contributed by atoms with Crippen LogP contribution in [0.25, 0.3) is 0 Å². The molecule has 3 rings (SSSR count). The van der Waals surface area contributed by atoms with Crippen molar-refractivity contribution < 1.29 is 41.5 Å². The zero-order valence-electron chi connectivity index (χ0n) is 29.2. The van der Waals surface area contributed by atoms with Crippen molar-refractivity contribution in [2.24, 2.45) is 0 Å². The van der Waals surface area contributed by atoms with E-state index >= 15 is 0 Å². The molecular weight excluding hydrogens is 667 g/mol. The quantitative estimate of drug-likeness (QED) is 0.0435. The maximum Gasteiger partial charge on any atom is 0.305 e. The van der Waals surface area contributed by atoms with Gasteiger partial charge in [0.05, 0.1) is 23.6 Å². The van der Waals surface area contributed by atoms with Gasteiger partial charge in [-0.05, 0) is 73.5 Å². The molecule has 1 amide bonds. The topological polar surface area (TPSA) is 140 Å². The molecular formula is C37H51NO9S2. The van der Waals surface area contributed by atoms with Crippen molar-refractivity contribution in [3.8, 4) is 11.5 Å². The molecule has 1 N–H and O–H groups in total. The number of carbonyl (C=O) groups excluding carboxylic acids is 2. The van der Waals surface area contributed by atoms with Gasteiger partial charge in [-0.25, -0.2) is 8.42 Å². The van der Waals surface area contributed by atoms with Gasteiger partial charge in [0, 0.05) is 13.5 Å². The van der Waals surface area contributed by atoms with Gasteiger partial charge in [0.25, 0.3) is 6.29 Å². The van der Waals surface area contributed by atoms with E-state index in [1.54, 1.807) is 30.3 Å². The van der Waals surface area contributed by atoms with Crippen LogP contribution < -0.4 is 14.8 Å². The van der Waals surface area contributed by atoms with Gasteiger partial charge in [0.2, 0.25) is 5.91 Å². The van der Waals surface area contributed by atoms with Crippen LogP contribution in [0.5, 0.6) is 11.5 Å². The first-order valence-corrected chi connectivity index (χ1v) is 19.8. The molecule has 12 heteroatoms. The molecule has 10 nitrogen and oxygen atoms in total. The summed E-state index contributed by atoms with van der Waals surface area (Å²) >= 11 is 0. The molecule has 0 saturated carbocycles. The third-order valence-electron chi connectivity index (χ3n) is 6.86. The number of para-hydroxylation sites is 3. The van der Waals surface area contributed by atoms with Crippen LogP contribution in [-0.4, -0.2) is 67.7 Å². The Hall–Kier alpha value is -3.58. The lowest BCUT2D eigenvalue weighted by Crippen LogP contribution is -2.43. The van der Waals surface area contributed by atoms with Crippen molar-refractivity contribution >= 4 is 38.6 Å². The van der Waals surface area contributed by atoms with E-state index in [9.17, 15) is 22.6 Å². The van der Waals surface area contributed by atoms with Gasteiger partial charge in [-0.1, -0.05) is 75.2 Å². The maximum atomic E-state index is 12.8. The molecule has 270 valence electrons. The number of aryl methyl sites for hydroxylation is 1. The number of amides is 1. The highest BCUT2D eigenvalue weighted by atomic mass is 32.2. The summed E-state index contributed by atoms with van der Waals surface area (Å²) in [5.41, 5.74) is 1.45. The molecule has 0 fully saturated rings. The van der Waals surface area contributed by atoms with Crippen LogP contribution in [0.1, 0.15) is 65.4 Å². The van der Waals surface area contributed by atoms with Crippen molar-refractivity contribution in [2.45, 2.75) is 84.0 Å². The normalized spacial score (nSPS) is 12.3. The minimum atomic E-state index is -4.27. The van der Waals surface area contributed by atoms with Gasteiger partial charge in [-0.2, -0.15) is 0 Å². The van der Waals surface area contributed by atoms with Crippen LogP contribution in [0.15, 0.2) is 83.8 Å². The summed E-state index contributed by atoms with van der Waals surface area (Å²) in [5.74, 6) is 3.63. The molecule has 0 aliphatic heterocycles. The summed E-state index contributed by atoms with van der Waals surface area (Å²) in [6, 6.07) is 22.2. The lowest BCUT2D eigenvalue weighted by atomic mass is 10.2. The molecule has 0 bridgehead atoms. The molecule has 0 saturated heterocycles. The van der Waals surface area contributed by atoms with E-state index in [4.69, 9.17) is 18.9 Å². The highest BCUT2D eigenvalue weighted by Crippen LogP contribution is 2.27. The lowest BCUT2D eigenvalue weighted by Gasteiger charge is -2.28. The average molecular weight is 718 g/mol. The van der Waals surface area contributed by atoms with E-state index < -0.39 is 28.5 Å². The summed E-state index contributed by atoms with van der Waals surface area (Å²) in [5, 5.41) is 2.99. The number of carbonyl (C=O) groups is 2. The molecule has 0 aromatic heterocycles. The minimum absolute atomic E-state index is 0.0604. The van der Waals surface area contributed by atoms with Gasteiger partial charge in [-0.15, -0.1) is 0 Å². The zero-order valence-corrected chi connectivity index (χ0v) is 30.9. The highest BCUT2D eigenvalue weighted by molar-refractivity contribution is 7.96.